The average Bonchev–Trinajstić information content (AvgIpc) is 3.53. The minimum absolute atomic E-state index is 0.401. The molecule has 1 nitrogen and oxygen atoms in total. The van der Waals surface area contributed by atoms with Gasteiger partial charge < -0.3 is 5.32 Å². The summed E-state index contributed by atoms with van der Waals surface area (Å²) in [5.74, 6) is 0. The molecule has 0 saturated carbocycles. The van der Waals surface area contributed by atoms with Crippen molar-refractivity contribution in [2.45, 2.75) is 32.6 Å². The Kier molecular flexibility index (Phi) is 5.65. The molecule has 2 aliphatic carbocycles. The Morgan fingerprint density at radius 1 is 0.733 bits per heavy atom. The van der Waals surface area contributed by atoms with Gasteiger partial charge in [0.25, 0.3) is 0 Å². The molecule has 1 heteroatoms. The quantitative estimate of drug-likeness (QED) is 0.206. The number of benzene rings is 6. The van der Waals surface area contributed by atoms with Gasteiger partial charge in [0, 0.05) is 17.8 Å². The van der Waals surface area contributed by atoms with Crippen LogP contribution in [-0.4, -0.2) is 6.54 Å². The van der Waals surface area contributed by atoms with Crippen LogP contribution < -0.4 is 5.32 Å². The summed E-state index contributed by atoms with van der Waals surface area (Å²) in [5.41, 5.74) is 14.4. The Bertz CT molecular complexity index is 2380. The van der Waals surface area contributed by atoms with Crippen molar-refractivity contribution in [3.8, 4) is 11.1 Å². The molecule has 1 atom stereocenters. The molecular formula is C44H35N. The highest BCUT2D eigenvalue weighted by atomic mass is 14.9. The Morgan fingerprint density at radius 3 is 2.22 bits per heavy atom. The molecule has 6 aromatic carbocycles. The largest absolute Gasteiger partial charge is 0.381 e. The van der Waals surface area contributed by atoms with Crippen LogP contribution in [0.5, 0.6) is 0 Å². The number of hydrogen-bond donors (Lipinski definition) is 1. The molecule has 6 aromatic rings. The van der Waals surface area contributed by atoms with Crippen molar-refractivity contribution in [3.63, 3.8) is 0 Å². The Balaban J connectivity index is 1.44. The molecule has 9 rings (SSSR count). The highest BCUT2D eigenvalue weighted by Gasteiger charge is 2.53. The van der Waals surface area contributed by atoms with Gasteiger partial charge in [-0.25, -0.2) is 0 Å². The molecule has 0 amide bonds. The van der Waals surface area contributed by atoms with Gasteiger partial charge >= 0.3 is 0 Å². The van der Waals surface area contributed by atoms with Crippen molar-refractivity contribution in [1.82, 2.24) is 5.32 Å². The van der Waals surface area contributed by atoms with E-state index in [9.17, 15) is 0 Å². The van der Waals surface area contributed by atoms with Crippen LogP contribution in [0.2, 0.25) is 0 Å². The van der Waals surface area contributed by atoms with Crippen LogP contribution in [0.3, 0.4) is 0 Å². The van der Waals surface area contributed by atoms with E-state index in [-0.39, 0.29) is 0 Å². The van der Waals surface area contributed by atoms with Crippen LogP contribution in [0, 0.1) is 6.92 Å². The smallest absolute Gasteiger partial charge is 0.0707 e. The van der Waals surface area contributed by atoms with Crippen molar-refractivity contribution < 1.29 is 0 Å². The number of hydrogen-bond acceptors (Lipinski definition) is 1. The van der Waals surface area contributed by atoms with Gasteiger partial charge in [0.15, 0.2) is 0 Å². The molecule has 1 N–H and O–H groups in total. The van der Waals surface area contributed by atoms with Crippen molar-refractivity contribution in [3.05, 3.63) is 166 Å². The molecule has 0 fully saturated rings. The molecule has 0 bridgehead atoms. The van der Waals surface area contributed by atoms with Crippen LogP contribution in [0.4, 0.5) is 0 Å². The van der Waals surface area contributed by atoms with Gasteiger partial charge in [-0.1, -0.05) is 128 Å². The summed E-state index contributed by atoms with van der Waals surface area (Å²) in [6.45, 7) is 7.73. The maximum atomic E-state index is 3.88. The topological polar surface area (TPSA) is 12.0 Å². The summed E-state index contributed by atoms with van der Waals surface area (Å²) in [6, 6.07) is 38.7. The first-order chi connectivity index (χ1) is 22.1. The predicted molar refractivity (Wildman–Crippen MR) is 192 cm³/mol. The predicted octanol–water partition coefficient (Wildman–Crippen LogP) is 11.0. The van der Waals surface area contributed by atoms with E-state index in [2.05, 4.69) is 154 Å². The molecule has 0 aromatic heterocycles. The lowest BCUT2D eigenvalue weighted by Gasteiger charge is -2.34. The fourth-order valence-electron chi connectivity index (χ4n) is 8.70. The second-order valence-electron chi connectivity index (χ2n) is 12.7. The van der Waals surface area contributed by atoms with E-state index in [4.69, 9.17) is 0 Å². The molecule has 3 aliphatic rings. The van der Waals surface area contributed by atoms with Crippen molar-refractivity contribution >= 4 is 43.6 Å². The summed E-state index contributed by atoms with van der Waals surface area (Å²) in [4.78, 5) is 0. The number of aryl methyl sites for hydroxylation is 1. The van der Waals surface area contributed by atoms with Crippen LogP contribution in [0.15, 0.2) is 139 Å². The van der Waals surface area contributed by atoms with Crippen LogP contribution >= 0.6 is 0 Å². The Morgan fingerprint density at radius 2 is 1.42 bits per heavy atom. The molecule has 45 heavy (non-hydrogen) atoms. The summed E-state index contributed by atoms with van der Waals surface area (Å²) in [6.07, 6.45) is 10.4. The molecule has 0 saturated heterocycles. The second-order valence-corrected chi connectivity index (χ2v) is 12.7. The Labute approximate surface area is 264 Å². The molecule has 1 aliphatic heterocycles. The number of fused-ring (bicyclic) bond motifs is 12. The third-order valence-electron chi connectivity index (χ3n) is 10.6. The van der Waals surface area contributed by atoms with E-state index in [1.807, 2.05) is 0 Å². The van der Waals surface area contributed by atoms with E-state index in [1.165, 1.54) is 93.7 Å². The summed E-state index contributed by atoms with van der Waals surface area (Å²) < 4.78 is 0. The molecule has 1 heterocycles. The zero-order valence-corrected chi connectivity index (χ0v) is 26.0. The normalized spacial score (nSPS) is 18.5. The molecule has 1 unspecified atom stereocenters. The van der Waals surface area contributed by atoms with Gasteiger partial charge in [0.1, 0.15) is 0 Å². The maximum Gasteiger partial charge on any atom is 0.0707 e. The lowest BCUT2D eigenvalue weighted by atomic mass is 9.67. The zero-order valence-electron chi connectivity index (χ0n) is 26.0. The number of dihydropyridines is 1. The second kappa shape index (κ2) is 9.68. The van der Waals surface area contributed by atoms with Gasteiger partial charge in [0.2, 0.25) is 0 Å². The maximum absolute atomic E-state index is 3.88. The molecular weight excluding hydrogens is 542 g/mol. The van der Waals surface area contributed by atoms with Crippen LogP contribution in [0.1, 0.15) is 48.1 Å². The highest BCUT2D eigenvalue weighted by Crippen LogP contribution is 2.64. The molecule has 0 radical (unpaired) electrons. The van der Waals surface area contributed by atoms with Crippen molar-refractivity contribution in [2.24, 2.45) is 0 Å². The van der Waals surface area contributed by atoms with E-state index >= 15 is 0 Å². The van der Waals surface area contributed by atoms with Crippen LogP contribution in [-0.2, 0) is 5.41 Å². The fraction of sp³-hybridized carbons (Fsp3) is 0.136. The first kappa shape index (κ1) is 26.3. The first-order valence-electron chi connectivity index (χ1n) is 16.3. The number of rotatable bonds is 3. The van der Waals surface area contributed by atoms with Gasteiger partial charge in [0.05, 0.1) is 5.41 Å². The average molecular weight is 578 g/mol. The van der Waals surface area contributed by atoms with Crippen LogP contribution in [0.25, 0.3) is 54.7 Å². The minimum atomic E-state index is -0.401. The number of allylic oxidation sites excluding steroid dienone is 6. The van der Waals surface area contributed by atoms with E-state index in [1.54, 1.807) is 0 Å². The first-order valence-corrected chi connectivity index (χ1v) is 16.3. The summed E-state index contributed by atoms with van der Waals surface area (Å²) in [7, 11) is 0. The van der Waals surface area contributed by atoms with Gasteiger partial charge in [-0.15, -0.1) is 0 Å². The zero-order chi connectivity index (χ0) is 30.3. The summed E-state index contributed by atoms with van der Waals surface area (Å²) in [5, 5.41) is 11.8. The lowest BCUT2D eigenvalue weighted by molar-refractivity contribution is 0.760. The highest BCUT2D eigenvalue weighted by molar-refractivity contribution is 6.18. The summed E-state index contributed by atoms with van der Waals surface area (Å²) >= 11 is 0. The van der Waals surface area contributed by atoms with E-state index in [0.717, 1.165) is 13.0 Å². The van der Waals surface area contributed by atoms with E-state index in [0.29, 0.717) is 0 Å². The van der Waals surface area contributed by atoms with Gasteiger partial charge in [-0.3, -0.25) is 0 Å². The van der Waals surface area contributed by atoms with E-state index < -0.39 is 5.41 Å². The third kappa shape index (κ3) is 3.39. The SMILES string of the molecule is CC/C=C\C1=C(C)C2(C3=C(NCC=C3)c3c2c2ccccc2c2ccccc32)c2cc(-c3ccc4ccccc4c3C)ccc21. The van der Waals surface area contributed by atoms with Crippen molar-refractivity contribution in [1.29, 1.82) is 0 Å². The standard InChI is InChI=1S/C44H35N/c1-4-5-14-33-28(3)44(40-26-30(22-24-36(33)40)32-23-21-29-13-6-7-15-31(29)27(32)2)39-20-12-25-45-43(39)41-37-18-10-8-16-34(37)35-17-9-11-19-38(35)42(41)44/h5-24,26,45H,4,25H2,1-3H3/b14-5-. The van der Waals surface area contributed by atoms with Gasteiger partial charge in [-0.05, 0) is 109 Å². The monoisotopic (exact) mass is 577 g/mol. The minimum Gasteiger partial charge on any atom is -0.381 e. The molecule has 1 spiro atoms. The number of nitrogens with one attached hydrogen (secondary N) is 1. The fourth-order valence-corrected chi connectivity index (χ4v) is 8.70. The third-order valence-corrected chi connectivity index (χ3v) is 10.6. The lowest BCUT2D eigenvalue weighted by Crippen LogP contribution is -2.29. The molecule has 216 valence electrons. The van der Waals surface area contributed by atoms with Crippen molar-refractivity contribution in [2.75, 3.05) is 6.54 Å². The van der Waals surface area contributed by atoms with Gasteiger partial charge in [-0.2, -0.15) is 0 Å². The Hall–Kier alpha value is -5.14.